The summed E-state index contributed by atoms with van der Waals surface area (Å²) >= 11 is 0. The van der Waals surface area contributed by atoms with Crippen LogP contribution in [0.25, 0.3) is 0 Å². The second-order valence-electron chi connectivity index (χ2n) is 6.32. The molecule has 2 aliphatic rings. The van der Waals surface area contributed by atoms with Crippen LogP contribution in [-0.4, -0.2) is 36.3 Å². The predicted molar refractivity (Wildman–Crippen MR) is 84.0 cm³/mol. The van der Waals surface area contributed by atoms with Gasteiger partial charge in [-0.05, 0) is 55.9 Å². The number of nitrogens with zero attached hydrogens (tertiary/aromatic N) is 1. The molecule has 0 aromatic heterocycles. The largest absolute Gasteiger partial charge is 0.484 e. The summed E-state index contributed by atoms with van der Waals surface area (Å²) in [7, 11) is 0. The van der Waals surface area contributed by atoms with E-state index in [1.807, 2.05) is 4.90 Å². The molecular formula is C18H23NO3. The first-order valence-corrected chi connectivity index (χ1v) is 8.25. The average Bonchev–Trinajstić information content (AvgIpc) is 2.59. The topological polar surface area (TPSA) is 46.6 Å². The zero-order chi connectivity index (χ0) is 15.4. The van der Waals surface area contributed by atoms with Crippen molar-refractivity contribution < 1.29 is 14.3 Å². The number of ether oxygens (including phenoxy) is 1. The lowest BCUT2D eigenvalue weighted by Gasteiger charge is -2.44. The van der Waals surface area contributed by atoms with Gasteiger partial charge < -0.3 is 9.64 Å². The zero-order valence-electron chi connectivity index (χ0n) is 12.9. The van der Waals surface area contributed by atoms with Gasteiger partial charge in [0.25, 0.3) is 5.91 Å². The van der Waals surface area contributed by atoms with Crippen molar-refractivity contribution in [1.82, 2.24) is 4.90 Å². The van der Waals surface area contributed by atoms with Gasteiger partial charge >= 0.3 is 0 Å². The number of hydrogen-bond acceptors (Lipinski definition) is 3. The SMILES string of the molecule is O=Cc1ccc(OCC(=O)N2CCCC3CCCCC32)cc1. The Bertz CT molecular complexity index is 524. The van der Waals surface area contributed by atoms with Crippen molar-refractivity contribution in [2.75, 3.05) is 13.2 Å². The van der Waals surface area contributed by atoms with Crippen molar-refractivity contribution >= 4 is 12.2 Å². The molecule has 1 aliphatic heterocycles. The summed E-state index contributed by atoms with van der Waals surface area (Å²) < 4.78 is 5.59. The quantitative estimate of drug-likeness (QED) is 0.803. The smallest absolute Gasteiger partial charge is 0.260 e. The molecule has 4 heteroatoms. The third kappa shape index (κ3) is 3.32. The summed E-state index contributed by atoms with van der Waals surface area (Å²) in [6, 6.07) is 7.29. The Morgan fingerprint density at radius 1 is 1.14 bits per heavy atom. The molecule has 118 valence electrons. The summed E-state index contributed by atoms with van der Waals surface area (Å²) in [6.07, 6.45) is 8.13. The highest BCUT2D eigenvalue weighted by Crippen LogP contribution is 2.35. The number of amides is 1. The molecule has 1 aromatic carbocycles. The Balaban J connectivity index is 1.57. The van der Waals surface area contributed by atoms with E-state index in [1.54, 1.807) is 24.3 Å². The number of benzene rings is 1. The van der Waals surface area contributed by atoms with Gasteiger partial charge in [0.2, 0.25) is 0 Å². The molecule has 1 amide bonds. The Kier molecular flexibility index (Phi) is 4.76. The molecular weight excluding hydrogens is 278 g/mol. The molecule has 2 atom stereocenters. The number of aldehydes is 1. The second-order valence-corrected chi connectivity index (χ2v) is 6.32. The fraction of sp³-hybridized carbons (Fsp3) is 0.556. The number of carbonyl (C=O) groups is 2. The summed E-state index contributed by atoms with van der Waals surface area (Å²) in [5.41, 5.74) is 0.611. The van der Waals surface area contributed by atoms with Crippen LogP contribution in [0.3, 0.4) is 0 Å². The van der Waals surface area contributed by atoms with Crippen molar-refractivity contribution in [3.8, 4) is 5.75 Å². The van der Waals surface area contributed by atoms with Gasteiger partial charge in [0, 0.05) is 18.2 Å². The van der Waals surface area contributed by atoms with Crippen LogP contribution in [0.5, 0.6) is 5.75 Å². The van der Waals surface area contributed by atoms with Crippen molar-refractivity contribution in [3.63, 3.8) is 0 Å². The van der Waals surface area contributed by atoms with Crippen molar-refractivity contribution in [2.45, 2.75) is 44.6 Å². The van der Waals surface area contributed by atoms with Gasteiger partial charge in [-0.15, -0.1) is 0 Å². The van der Waals surface area contributed by atoms with Crippen LogP contribution in [0, 0.1) is 5.92 Å². The fourth-order valence-corrected chi connectivity index (χ4v) is 3.81. The van der Waals surface area contributed by atoms with Gasteiger partial charge in [-0.2, -0.15) is 0 Å². The lowest BCUT2D eigenvalue weighted by atomic mass is 9.78. The molecule has 1 saturated carbocycles. The molecule has 2 unspecified atom stereocenters. The lowest BCUT2D eigenvalue weighted by molar-refractivity contribution is -0.139. The molecule has 1 aromatic rings. The molecule has 22 heavy (non-hydrogen) atoms. The molecule has 4 nitrogen and oxygen atoms in total. The highest BCUT2D eigenvalue weighted by Gasteiger charge is 2.35. The molecule has 3 rings (SSSR count). The normalized spacial score (nSPS) is 24.5. The molecule has 1 aliphatic carbocycles. The number of rotatable bonds is 4. The van der Waals surface area contributed by atoms with Gasteiger partial charge in [0.05, 0.1) is 0 Å². The molecule has 1 heterocycles. The average molecular weight is 301 g/mol. The third-order valence-electron chi connectivity index (χ3n) is 4.94. The van der Waals surface area contributed by atoms with E-state index in [2.05, 4.69) is 0 Å². The number of piperidine rings is 1. The van der Waals surface area contributed by atoms with Crippen LogP contribution in [0.2, 0.25) is 0 Å². The van der Waals surface area contributed by atoms with Gasteiger partial charge in [-0.1, -0.05) is 12.8 Å². The van der Waals surface area contributed by atoms with Crippen molar-refractivity contribution in [1.29, 1.82) is 0 Å². The molecule has 1 saturated heterocycles. The molecule has 0 radical (unpaired) electrons. The van der Waals surface area contributed by atoms with E-state index in [9.17, 15) is 9.59 Å². The van der Waals surface area contributed by atoms with E-state index in [-0.39, 0.29) is 12.5 Å². The van der Waals surface area contributed by atoms with E-state index in [0.29, 0.717) is 23.3 Å². The summed E-state index contributed by atoms with van der Waals surface area (Å²) in [4.78, 5) is 25.2. The lowest BCUT2D eigenvalue weighted by Crippen LogP contribution is -2.51. The van der Waals surface area contributed by atoms with E-state index in [1.165, 1.54) is 25.7 Å². The van der Waals surface area contributed by atoms with Crippen molar-refractivity contribution in [3.05, 3.63) is 29.8 Å². The highest BCUT2D eigenvalue weighted by atomic mass is 16.5. The van der Waals surface area contributed by atoms with Crippen LogP contribution in [0.15, 0.2) is 24.3 Å². The van der Waals surface area contributed by atoms with Crippen LogP contribution in [-0.2, 0) is 4.79 Å². The van der Waals surface area contributed by atoms with Crippen molar-refractivity contribution in [2.24, 2.45) is 5.92 Å². The first-order valence-electron chi connectivity index (χ1n) is 8.25. The Hall–Kier alpha value is -1.84. The Morgan fingerprint density at radius 3 is 2.64 bits per heavy atom. The first-order chi connectivity index (χ1) is 10.8. The van der Waals surface area contributed by atoms with Gasteiger partial charge in [0.1, 0.15) is 12.0 Å². The number of fused-ring (bicyclic) bond motifs is 1. The van der Waals surface area contributed by atoms with Gasteiger partial charge in [-0.25, -0.2) is 0 Å². The maximum absolute atomic E-state index is 12.5. The molecule has 0 N–H and O–H groups in total. The number of hydrogen-bond donors (Lipinski definition) is 0. The fourth-order valence-electron chi connectivity index (χ4n) is 3.81. The third-order valence-corrected chi connectivity index (χ3v) is 4.94. The molecule has 2 fully saturated rings. The summed E-state index contributed by atoms with van der Waals surface area (Å²) in [5, 5.41) is 0. The van der Waals surface area contributed by atoms with E-state index >= 15 is 0 Å². The minimum absolute atomic E-state index is 0.0870. The maximum Gasteiger partial charge on any atom is 0.260 e. The number of likely N-dealkylation sites (tertiary alicyclic amines) is 1. The Labute approximate surface area is 131 Å². The van der Waals surface area contributed by atoms with Crippen LogP contribution in [0.4, 0.5) is 0 Å². The molecule has 0 bridgehead atoms. The predicted octanol–water partition coefficient (Wildman–Crippen LogP) is 3.06. The maximum atomic E-state index is 12.5. The van der Waals surface area contributed by atoms with Crippen LogP contribution >= 0.6 is 0 Å². The van der Waals surface area contributed by atoms with Gasteiger partial charge in [0.15, 0.2) is 6.61 Å². The monoisotopic (exact) mass is 301 g/mol. The molecule has 0 spiro atoms. The van der Waals surface area contributed by atoms with E-state index in [0.717, 1.165) is 25.7 Å². The minimum atomic E-state index is 0.0870. The summed E-state index contributed by atoms with van der Waals surface area (Å²) in [6.45, 7) is 0.955. The Morgan fingerprint density at radius 2 is 1.86 bits per heavy atom. The first kappa shape index (κ1) is 15.1. The zero-order valence-corrected chi connectivity index (χ0v) is 12.9. The highest BCUT2D eigenvalue weighted by molar-refractivity contribution is 5.78. The second kappa shape index (κ2) is 6.95. The van der Waals surface area contributed by atoms with Crippen LogP contribution < -0.4 is 4.74 Å². The summed E-state index contributed by atoms with van der Waals surface area (Å²) in [5.74, 6) is 1.42. The number of carbonyl (C=O) groups excluding carboxylic acids is 2. The van der Waals surface area contributed by atoms with E-state index in [4.69, 9.17) is 4.74 Å². The standard InChI is InChI=1S/C18H23NO3/c20-12-14-7-9-16(10-8-14)22-13-18(21)19-11-3-5-15-4-1-2-6-17(15)19/h7-10,12,15,17H,1-6,11,13H2. The van der Waals surface area contributed by atoms with E-state index < -0.39 is 0 Å². The van der Waals surface area contributed by atoms with Gasteiger partial charge in [-0.3, -0.25) is 9.59 Å². The van der Waals surface area contributed by atoms with Crippen LogP contribution in [0.1, 0.15) is 48.9 Å². The minimum Gasteiger partial charge on any atom is -0.484 e.